The number of aliphatic hydroxyl groups is 1. The lowest BCUT2D eigenvalue weighted by molar-refractivity contribution is 0.0793. The van der Waals surface area contributed by atoms with E-state index in [0.29, 0.717) is 24.2 Å². The summed E-state index contributed by atoms with van der Waals surface area (Å²) in [6, 6.07) is 15.0. The minimum Gasteiger partial charge on any atom is -0.393 e. The third kappa shape index (κ3) is 14.1. The average Bonchev–Trinajstić information content (AvgIpc) is 3.02. The van der Waals surface area contributed by atoms with Gasteiger partial charge in [-0.3, -0.25) is 4.79 Å². The Morgan fingerprint density at radius 1 is 1.00 bits per heavy atom. The molecule has 2 aromatic rings. The highest BCUT2D eigenvalue weighted by Crippen LogP contribution is 2.30. The van der Waals surface area contributed by atoms with Crippen molar-refractivity contribution in [3.63, 3.8) is 0 Å². The summed E-state index contributed by atoms with van der Waals surface area (Å²) in [6.45, 7) is 13.9. The van der Waals surface area contributed by atoms with Crippen LogP contribution in [0, 0.1) is 17.8 Å². The topological polar surface area (TPSA) is 49.3 Å². The molecule has 0 bridgehead atoms. The lowest BCUT2D eigenvalue weighted by atomic mass is 9.80. The smallest absolute Gasteiger partial charge is 0.163 e. The van der Waals surface area contributed by atoms with Crippen LogP contribution >= 0.6 is 23.3 Å². The monoisotopic (exact) mass is 601 g/mol. The van der Waals surface area contributed by atoms with E-state index in [1.165, 1.54) is 55.2 Å². The lowest BCUT2D eigenvalue weighted by Gasteiger charge is -2.24. The molecular weight excluding hydrogens is 543 g/mol. The Bertz CT molecular complexity index is 953. The van der Waals surface area contributed by atoms with Gasteiger partial charge in [0.2, 0.25) is 0 Å². The molecule has 41 heavy (non-hydrogen) atoms. The second-order valence-electron chi connectivity index (χ2n) is 11.7. The number of carbonyl (C=O) groups is 1. The van der Waals surface area contributed by atoms with Crippen molar-refractivity contribution < 1.29 is 9.90 Å². The van der Waals surface area contributed by atoms with Gasteiger partial charge in [-0.2, -0.15) is 0 Å². The molecule has 2 aliphatic rings. The Kier molecular flexibility index (Phi) is 20.3. The summed E-state index contributed by atoms with van der Waals surface area (Å²) in [5.74, 6) is 1.99. The third-order valence-electron chi connectivity index (χ3n) is 8.46. The first-order valence-electron chi connectivity index (χ1n) is 16.2. The molecule has 3 nitrogen and oxygen atoms in total. The first-order chi connectivity index (χ1) is 19.9. The summed E-state index contributed by atoms with van der Waals surface area (Å²) >= 11 is 6.44. The molecule has 0 heterocycles. The Hall–Kier alpha value is -1.43. The highest BCUT2D eigenvalue weighted by molar-refractivity contribution is 8.59. The summed E-state index contributed by atoms with van der Waals surface area (Å²) in [6.07, 6.45) is 13.7. The molecule has 2 aliphatic carbocycles. The number of rotatable bonds is 10. The maximum atomic E-state index is 12.8. The Labute approximate surface area is 262 Å². The number of thiol groups is 2. The summed E-state index contributed by atoms with van der Waals surface area (Å²) in [5.41, 5.74) is 6.33. The molecule has 4 atom stereocenters. The van der Waals surface area contributed by atoms with Gasteiger partial charge >= 0.3 is 0 Å². The number of unbranched alkanes of at least 4 members (excludes halogenated alkanes) is 1. The fraction of sp³-hybridized carbons (Fsp3) is 0.639. The molecule has 0 amide bonds. The van der Waals surface area contributed by atoms with Gasteiger partial charge < -0.3 is 10.4 Å². The molecule has 0 spiro atoms. The van der Waals surface area contributed by atoms with Crippen molar-refractivity contribution in [1.29, 1.82) is 0 Å². The predicted octanol–water partition coefficient (Wildman–Crippen LogP) is 10.2. The van der Waals surface area contributed by atoms with Gasteiger partial charge in [-0.05, 0) is 104 Å². The summed E-state index contributed by atoms with van der Waals surface area (Å²) < 4.78 is 0. The fourth-order valence-corrected chi connectivity index (χ4v) is 5.68. The van der Waals surface area contributed by atoms with E-state index in [-0.39, 0.29) is 11.9 Å². The van der Waals surface area contributed by atoms with Crippen molar-refractivity contribution in [3.8, 4) is 0 Å². The normalized spacial score (nSPS) is 20.0. The number of ketones is 1. The van der Waals surface area contributed by atoms with Crippen LogP contribution in [0.5, 0.6) is 0 Å². The molecule has 0 saturated heterocycles. The molecular formula is C36H59NO2S2. The minimum absolute atomic E-state index is 0.00347. The van der Waals surface area contributed by atoms with Crippen molar-refractivity contribution in [1.82, 2.24) is 0 Å². The van der Waals surface area contributed by atoms with E-state index in [1.54, 1.807) is 0 Å². The SMILES string of the molecule is CC.CC1CCCCC1O.CCCCC(C)CNc1ccc(C(=O)CC2CCc3cc(CC)ccc3C2)cc1.SS. The third-order valence-corrected chi connectivity index (χ3v) is 8.46. The zero-order chi connectivity index (χ0) is 30.6. The molecule has 0 aliphatic heterocycles. The van der Waals surface area contributed by atoms with Crippen LogP contribution in [0.3, 0.4) is 0 Å². The van der Waals surface area contributed by atoms with Gasteiger partial charge in [0.05, 0.1) is 6.10 Å². The van der Waals surface area contributed by atoms with Crippen LogP contribution in [-0.2, 0) is 19.3 Å². The number of carbonyl (C=O) groups excluding carboxylic acids is 1. The predicted molar refractivity (Wildman–Crippen MR) is 187 cm³/mol. The molecule has 0 aromatic heterocycles. The van der Waals surface area contributed by atoms with E-state index in [2.05, 4.69) is 86.7 Å². The van der Waals surface area contributed by atoms with Crippen molar-refractivity contribution in [2.24, 2.45) is 17.8 Å². The van der Waals surface area contributed by atoms with E-state index in [0.717, 1.165) is 49.9 Å². The maximum Gasteiger partial charge on any atom is 0.163 e. The number of aryl methyl sites for hydroxylation is 2. The van der Waals surface area contributed by atoms with Crippen LogP contribution in [0.2, 0.25) is 0 Å². The van der Waals surface area contributed by atoms with Gasteiger partial charge in [0.15, 0.2) is 5.78 Å². The van der Waals surface area contributed by atoms with E-state index in [4.69, 9.17) is 0 Å². The minimum atomic E-state index is 0.00347. The average molecular weight is 602 g/mol. The van der Waals surface area contributed by atoms with Gasteiger partial charge in [-0.25, -0.2) is 0 Å². The number of nitrogens with one attached hydrogen (secondary N) is 1. The van der Waals surface area contributed by atoms with Crippen LogP contribution < -0.4 is 5.32 Å². The largest absolute Gasteiger partial charge is 0.393 e. The maximum absolute atomic E-state index is 12.8. The standard InChI is InChI=1S/C27H37NO.C7H14O.C2H6.H2S2/c1-4-6-7-20(3)19-28-26-14-12-23(13-15-26)27(29)18-22-9-11-24-16-21(5-2)8-10-25(24)17-22;1-6-4-2-3-5-7(6)8;2*1-2/h8,10,12-16,20,22,28H,4-7,9,11,17-19H2,1-3H3;6-8H,2-5H2,1H3;1-2H3;1-2H. The summed E-state index contributed by atoms with van der Waals surface area (Å²) in [4.78, 5) is 12.8. The number of Topliss-reactive ketones (excluding diaryl/α,β-unsaturated/α-hetero) is 1. The lowest BCUT2D eigenvalue weighted by Crippen LogP contribution is -2.21. The summed E-state index contributed by atoms with van der Waals surface area (Å²) in [7, 11) is 0. The van der Waals surface area contributed by atoms with Crippen molar-refractivity contribution in [3.05, 3.63) is 64.7 Å². The van der Waals surface area contributed by atoms with Crippen molar-refractivity contribution in [2.45, 2.75) is 125 Å². The van der Waals surface area contributed by atoms with E-state index < -0.39 is 0 Å². The second-order valence-corrected chi connectivity index (χ2v) is 11.7. The van der Waals surface area contributed by atoms with Crippen LogP contribution in [0.15, 0.2) is 42.5 Å². The highest BCUT2D eigenvalue weighted by Gasteiger charge is 2.22. The van der Waals surface area contributed by atoms with Gasteiger partial charge in [-0.15, -0.1) is 23.3 Å². The van der Waals surface area contributed by atoms with Crippen LogP contribution in [0.25, 0.3) is 0 Å². The van der Waals surface area contributed by atoms with Crippen LogP contribution in [0.1, 0.15) is 126 Å². The van der Waals surface area contributed by atoms with Crippen molar-refractivity contribution >= 4 is 34.8 Å². The number of benzene rings is 2. The van der Waals surface area contributed by atoms with Gasteiger partial charge in [0.1, 0.15) is 0 Å². The zero-order valence-electron chi connectivity index (χ0n) is 26.8. The molecule has 1 saturated carbocycles. The molecule has 2 N–H and O–H groups in total. The second kappa shape index (κ2) is 22.2. The number of aliphatic hydroxyl groups excluding tert-OH is 1. The number of fused-ring (bicyclic) bond motifs is 1. The highest BCUT2D eigenvalue weighted by atomic mass is 33.1. The van der Waals surface area contributed by atoms with E-state index in [9.17, 15) is 9.90 Å². The first kappa shape index (κ1) is 37.6. The number of anilines is 1. The van der Waals surface area contributed by atoms with Crippen LogP contribution in [-0.4, -0.2) is 23.5 Å². The molecule has 1 fully saturated rings. The zero-order valence-corrected chi connectivity index (χ0v) is 28.6. The molecule has 232 valence electrons. The quantitative estimate of drug-likeness (QED) is 0.124. The van der Waals surface area contributed by atoms with E-state index in [1.807, 2.05) is 26.0 Å². The molecule has 4 rings (SSSR count). The Morgan fingerprint density at radius 2 is 1.68 bits per heavy atom. The Morgan fingerprint density at radius 3 is 2.27 bits per heavy atom. The molecule has 5 heteroatoms. The summed E-state index contributed by atoms with van der Waals surface area (Å²) in [5, 5.41) is 12.7. The molecule has 4 unspecified atom stereocenters. The van der Waals surface area contributed by atoms with Gasteiger partial charge in [0.25, 0.3) is 0 Å². The molecule has 0 radical (unpaired) electrons. The number of hydrogen-bond acceptors (Lipinski definition) is 5. The van der Waals surface area contributed by atoms with Gasteiger partial charge in [-0.1, -0.05) is 85.4 Å². The Balaban J connectivity index is 0.000000590. The van der Waals surface area contributed by atoms with Crippen molar-refractivity contribution in [2.75, 3.05) is 11.9 Å². The van der Waals surface area contributed by atoms with Gasteiger partial charge in [0, 0.05) is 24.2 Å². The van der Waals surface area contributed by atoms with E-state index >= 15 is 0 Å². The number of hydrogen-bond donors (Lipinski definition) is 4. The first-order valence-corrected chi connectivity index (χ1v) is 17.8. The fourth-order valence-electron chi connectivity index (χ4n) is 5.68. The van der Waals surface area contributed by atoms with Crippen LogP contribution in [0.4, 0.5) is 5.69 Å². The molecule has 2 aromatic carbocycles.